The Morgan fingerprint density at radius 1 is 1.32 bits per heavy atom. The van der Waals surface area contributed by atoms with E-state index in [1.807, 2.05) is 0 Å². The molecule has 1 aromatic rings. The predicted octanol–water partition coefficient (Wildman–Crippen LogP) is 2.52. The van der Waals surface area contributed by atoms with Gasteiger partial charge in [0.1, 0.15) is 5.75 Å². The van der Waals surface area contributed by atoms with E-state index >= 15 is 0 Å². The first kappa shape index (κ1) is 14.4. The first-order valence-electron chi connectivity index (χ1n) is 7.39. The van der Waals surface area contributed by atoms with E-state index in [4.69, 9.17) is 4.74 Å². The Kier molecular flexibility index (Phi) is 5.67. The van der Waals surface area contributed by atoms with Gasteiger partial charge in [-0.25, -0.2) is 0 Å². The highest BCUT2D eigenvalue weighted by Gasteiger charge is 2.18. The summed E-state index contributed by atoms with van der Waals surface area (Å²) in [7, 11) is 2.20. The lowest BCUT2D eigenvalue weighted by Crippen LogP contribution is -2.24. The molecule has 1 fully saturated rings. The van der Waals surface area contributed by atoms with Gasteiger partial charge in [-0.15, -0.1) is 0 Å². The van der Waals surface area contributed by atoms with Crippen LogP contribution in [-0.2, 0) is 6.54 Å². The third-order valence-corrected chi connectivity index (χ3v) is 3.65. The molecule has 0 spiro atoms. The van der Waals surface area contributed by atoms with Gasteiger partial charge in [0.05, 0.1) is 6.61 Å². The summed E-state index contributed by atoms with van der Waals surface area (Å²) in [6.07, 6.45) is 2.38. The second kappa shape index (κ2) is 7.51. The van der Waals surface area contributed by atoms with Crippen LogP contribution < -0.4 is 10.1 Å². The summed E-state index contributed by atoms with van der Waals surface area (Å²) < 4.78 is 5.58. The molecule has 0 bridgehead atoms. The first-order valence-corrected chi connectivity index (χ1v) is 7.39. The minimum atomic E-state index is 0.798. The van der Waals surface area contributed by atoms with Gasteiger partial charge in [-0.05, 0) is 56.6 Å². The maximum Gasteiger partial charge on any atom is 0.119 e. The molecule has 2 rings (SSSR count). The fraction of sp³-hybridized carbons (Fsp3) is 0.625. The smallest absolute Gasteiger partial charge is 0.119 e. The number of nitrogens with one attached hydrogen (secondary N) is 1. The molecule has 0 amide bonds. The number of ether oxygens (including phenoxy) is 1. The van der Waals surface area contributed by atoms with E-state index in [-0.39, 0.29) is 0 Å². The molecule has 1 atom stereocenters. The highest BCUT2D eigenvalue weighted by atomic mass is 16.5. The van der Waals surface area contributed by atoms with Gasteiger partial charge in [0.2, 0.25) is 0 Å². The Balaban J connectivity index is 1.68. The van der Waals surface area contributed by atoms with Crippen LogP contribution in [-0.4, -0.2) is 38.2 Å². The summed E-state index contributed by atoms with van der Waals surface area (Å²) in [5, 5.41) is 3.56. The lowest BCUT2D eigenvalue weighted by atomic mass is 10.1. The summed E-state index contributed by atoms with van der Waals surface area (Å²) in [5.41, 5.74) is 1.33. The maximum atomic E-state index is 5.58. The maximum absolute atomic E-state index is 5.58. The Hall–Kier alpha value is -1.06. The number of hydrogen-bond acceptors (Lipinski definition) is 3. The molecular formula is C16H26N2O. The topological polar surface area (TPSA) is 24.5 Å². The number of rotatable bonds is 7. The van der Waals surface area contributed by atoms with Crippen molar-refractivity contribution in [3.05, 3.63) is 29.8 Å². The monoisotopic (exact) mass is 262 g/mol. The first-order chi connectivity index (χ1) is 9.28. The summed E-state index contributed by atoms with van der Waals surface area (Å²) in [6, 6.07) is 8.43. The molecule has 1 aliphatic heterocycles. The molecule has 1 aromatic carbocycles. The highest BCUT2D eigenvalue weighted by molar-refractivity contribution is 5.27. The number of hydrogen-bond donors (Lipinski definition) is 1. The SMILES string of the molecule is CCCOc1ccc(CNCC2CCN(C)C2)cc1. The van der Waals surface area contributed by atoms with Crippen molar-refractivity contribution in [2.75, 3.05) is 33.3 Å². The second-order valence-corrected chi connectivity index (χ2v) is 5.54. The molecule has 106 valence electrons. The number of benzene rings is 1. The van der Waals surface area contributed by atoms with E-state index in [0.29, 0.717) is 0 Å². The molecule has 0 aromatic heterocycles. The molecule has 0 saturated carbocycles. The van der Waals surface area contributed by atoms with Gasteiger partial charge in [0.25, 0.3) is 0 Å². The average Bonchev–Trinajstić information content (AvgIpc) is 2.84. The van der Waals surface area contributed by atoms with Gasteiger partial charge >= 0.3 is 0 Å². The molecule has 3 heteroatoms. The van der Waals surface area contributed by atoms with Gasteiger partial charge in [-0.1, -0.05) is 19.1 Å². The summed E-state index contributed by atoms with van der Waals surface area (Å²) in [6.45, 7) is 7.48. The van der Waals surface area contributed by atoms with E-state index < -0.39 is 0 Å². The molecule has 1 aliphatic rings. The van der Waals surface area contributed by atoms with E-state index in [9.17, 15) is 0 Å². The van der Waals surface area contributed by atoms with Crippen LogP contribution in [0.1, 0.15) is 25.3 Å². The van der Waals surface area contributed by atoms with Gasteiger partial charge in [-0.2, -0.15) is 0 Å². The van der Waals surface area contributed by atoms with Crippen molar-refractivity contribution in [1.82, 2.24) is 10.2 Å². The Bertz CT molecular complexity index is 364. The molecule has 1 saturated heterocycles. The van der Waals surface area contributed by atoms with Crippen molar-refractivity contribution < 1.29 is 4.74 Å². The number of nitrogens with zero attached hydrogens (tertiary/aromatic N) is 1. The zero-order valence-electron chi connectivity index (χ0n) is 12.2. The van der Waals surface area contributed by atoms with Crippen LogP contribution in [0.2, 0.25) is 0 Å². The van der Waals surface area contributed by atoms with E-state index in [1.54, 1.807) is 0 Å². The van der Waals surface area contributed by atoms with E-state index in [0.717, 1.165) is 37.8 Å². The third-order valence-electron chi connectivity index (χ3n) is 3.65. The van der Waals surface area contributed by atoms with Crippen LogP contribution in [0.5, 0.6) is 5.75 Å². The molecule has 1 heterocycles. The van der Waals surface area contributed by atoms with Crippen LogP contribution in [0.4, 0.5) is 0 Å². The standard InChI is InChI=1S/C16H26N2O/c1-3-10-19-16-6-4-14(5-7-16)11-17-12-15-8-9-18(2)13-15/h4-7,15,17H,3,8-13H2,1-2H3. The van der Waals surface area contributed by atoms with Crippen LogP contribution in [0.25, 0.3) is 0 Å². The van der Waals surface area contributed by atoms with Gasteiger partial charge < -0.3 is 15.0 Å². The van der Waals surface area contributed by atoms with Crippen LogP contribution >= 0.6 is 0 Å². The molecule has 19 heavy (non-hydrogen) atoms. The van der Waals surface area contributed by atoms with Crippen molar-refractivity contribution in [1.29, 1.82) is 0 Å². The highest BCUT2D eigenvalue weighted by Crippen LogP contribution is 2.14. The van der Waals surface area contributed by atoms with E-state index in [2.05, 4.69) is 48.5 Å². The van der Waals surface area contributed by atoms with Crippen LogP contribution in [0.15, 0.2) is 24.3 Å². The van der Waals surface area contributed by atoms with Gasteiger partial charge in [0, 0.05) is 13.1 Å². The quantitative estimate of drug-likeness (QED) is 0.817. The van der Waals surface area contributed by atoms with Crippen molar-refractivity contribution in [2.24, 2.45) is 5.92 Å². The lowest BCUT2D eigenvalue weighted by molar-refractivity contribution is 0.317. The fourth-order valence-corrected chi connectivity index (χ4v) is 2.54. The second-order valence-electron chi connectivity index (χ2n) is 5.54. The van der Waals surface area contributed by atoms with Crippen molar-refractivity contribution >= 4 is 0 Å². The van der Waals surface area contributed by atoms with Crippen molar-refractivity contribution in [2.45, 2.75) is 26.3 Å². The zero-order valence-corrected chi connectivity index (χ0v) is 12.2. The third kappa shape index (κ3) is 4.84. The van der Waals surface area contributed by atoms with Gasteiger partial charge in [-0.3, -0.25) is 0 Å². The minimum absolute atomic E-state index is 0.798. The number of likely N-dealkylation sites (tertiary alicyclic amines) is 1. The molecular weight excluding hydrogens is 236 g/mol. The predicted molar refractivity (Wildman–Crippen MR) is 79.5 cm³/mol. The summed E-state index contributed by atoms with van der Waals surface area (Å²) in [5.74, 6) is 1.79. The van der Waals surface area contributed by atoms with Crippen molar-refractivity contribution in [3.63, 3.8) is 0 Å². The Morgan fingerprint density at radius 3 is 2.74 bits per heavy atom. The van der Waals surface area contributed by atoms with Crippen LogP contribution in [0.3, 0.4) is 0 Å². The Labute approximate surface area is 116 Å². The minimum Gasteiger partial charge on any atom is -0.494 e. The normalized spacial score (nSPS) is 19.8. The molecule has 0 radical (unpaired) electrons. The van der Waals surface area contributed by atoms with E-state index in [1.165, 1.54) is 25.1 Å². The summed E-state index contributed by atoms with van der Waals surface area (Å²) >= 11 is 0. The largest absolute Gasteiger partial charge is 0.494 e. The van der Waals surface area contributed by atoms with Crippen LogP contribution in [0, 0.1) is 5.92 Å². The summed E-state index contributed by atoms with van der Waals surface area (Å²) in [4.78, 5) is 2.41. The average molecular weight is 262 g/mol. The zero-order chi connectivity index (χ0) is 13.5. The fourth-order valence-electron chi connectivity index (χ4n) is 2.54. The van der Waals surface area contributed by atoms with Crippen molar-refractivity contribution in [3.8, 4) is 5.75 Å². The molecule has 3 nitrogen and oxygen atoms in total. The lowest BCUT2D eigenvalue weighted by Gasteiger charge is -2.12. The molecule has 0 aliphatic carbocycles. The molecule has 1 unspecified atom stereocenters. The van der Waals surface area contributed by atoms with Gasteiger partial charge in [0.15, 0.2) is 0 Å². The molecule has 1 N–H and O–H groups in total. The Morgan fingerprint density at radius 2 is 2.11 bits per heavy atom.